The highest BCUT2D eigenvalue weighted by atomic mass is 16.5. The Labute approximate surface area is 134 Å². The smallest absolute Gasteiger partial charge is 0.119 e. The van der Waals surface area contributed by atoms with Gasteiger partial charge >= 0.3 is 0 Å². The Kier molecular flexibility index (Phi) is 4.84. The topological polar surface area (TPSA) is 15.7 Å². The summed E-state index contributed by atoms with van der Waals surface area (Å²) in [6, 6.07) is 10.0. The van der Waals surface area contributed by atoms with Crippen molar-refractivity contribution < 1.29 is 4.74 Å². The lowest BCUT2D eigenvalue weighted by Crippen LogP contribution is -2.45. The third-order valence-corrected chi connectivity index (χ3v) is 5.02. The molecule has 0 radical (unpaired) electrons. The highest BCUT2D eigenvalue weighted by Gasteiger charge is 2.31. The van der Waals surface area contributed by atoms with E-state index in [9.17, 15) is 0 Å². The number of likely N-dealkylation sites (N-methyl/N-ethyl adjacent to an activating group) is 2. The molecule has 2 unspecified atom stereocenters. The van der Waals surface area contributed by atoms with Crippen LogP contribution in [0.15, 0.2) is 30.3 Å². The minimum Gasteiger partial charge on any atom is -0.492 e. The standard InChI is InChI=1S/C19H28N2O/c1-20(2)11-12-22-19-9-7-15(8-10-19)16-13-17-5-4-6-18(14-16)21(17)3/h7-10,13,17-18H,4-6,11-12,14H2,1-3H3. The summed E-state index contributed by atoms with van der Waals surface area (Å²) < 4.78 is 5.78. The zero-order valence-corrected chi connectivity index (χ0v) is 14.1. The van der Waals surface area contributed by atoms with Crippen molar-refractivity contribution in [2.24, 2.45) is 0 Å². The molecule has 120 valence electrons. The van der Waals surface area contributed by atoms with Crippen molar-refractivity contribution in [3.8, 4) is 5.75 Å². The van der Waals surface area contributed by atoms with Crippen molar-refractivity contribution in [3.05, 3.63) is 35.9 Å². The molecule has 2 aliphatic heterocycles. The molecular formula is C19H28N2O. The molecule has 1 aromatic carbocycles. The van der Waals surface area contributed by atoms with E-state index in [1.807, 2.05) is 0 Å². The Bertz CT molecular complexity index is 521. The van der Waals surface area contributed by atoms with Gasteiger partial charge < -0.3 is 9.64 Å². The first kappa shape index (κ1) is 15.6. The maximum Gasteiger partial charge on any atom is 0.119 e. The van der Waals surface area contributed by atoms with Gasteiger partial charge in [-0.1, -0.05) is 24.6 Å². The van der Waals surface area contributed by atoms with Gasteiger partial charge in [-0.05, 0) is 63.7 Å². The third-order valence-electron chi connectivity index (χ3n) is 5.02. The van der Waals surface area contributed by atoms with Gasteiger partial charge in [0.2, 0.25) is 0 Å². The van der Waals surface area contributed by atoms with E-state index >= 15 is 0 Å². The predicted octanol–water partition coefficient (Wildman–Crippen LogP) is 3.27. The second-order valence-electron chi connectivity index (χ2n) is 6.89. The fourth-order valence-electron chi connectivity index (χ4n) is 3.57. The van der Waals surface area contributed by atoms with Crippen molar-refractivity contribution in [3.63, 3.8) is 0 Å². The maximum atomic E-state index is 5.78. The van der Waals surface area contributed by atoms with Gasteiger partial charge in [0.05, 0.1) is 0 Å². The molecule has 2 atom stereocenters. The van der Waals surface area contributed by atoms with Gasteiger partial charge in [-0.2, -0.15) is 0 Å². The van der Waals surface area contributed by atoms with E-state index in [4.69, 9.17) is 4.74 Å². The molecule has 3 nitrogen and oxygen atoms in total. The largest absolute Gasteiger partial charge is 0.492 e. The summed E-state index contributed by atoms with van der Waals surface area (Å²) in [5, 5.41) is 0. The summed E-state index contributed by atoms with van der Waals surface area (Å²) in [4.78, 5) is 4.70. The quantitative estimate of drug-likeness (QED) is 0.830. The van der Waals surface area contributed by atoms with Crippen molar-refractivity contribution in [1.82, 2.24) is 9.80 Å². The molecule has 1 saturated heterocycles. The fraction of sp³-hybridized carbons (Fsp3) is 0.579. The molecule has 1 aromatic rings. The fourth-order valence-corrected chi connectivity index (χ4v) is 3.57. The van der Waals surface area contributed by atoms with Crippen LogP contribution in [-0.2, 0) is 0 Å². The molecule has 2 bridgehead atoms. The summed E-state index contributed by atoms with van der Waals surface area (Å²) in [6.45, 7) is 1.69. The van der Waals surface area contributed by atoms with E-state index in [0.29, 0.717) is 6.04 Å². The van der Waals surface area contributed by atoms with E-state index in [-0.39, 0.29) is 0 Å². The summed E-state index contributed by atoms with van der Waals surface area (Å²) >= 11 is 0. The Morgan fingerprint density at radius 2 is 1.95 bits per heavy atom. The van der Waals surface area contributed by atoms with Gasteiger partial charge in [0.1, 0.15) is 12.4 Å². The normalized spacial score (nSPS) is 25.2. The molecule has 0 saturated carbocycles. The van der Waals surface area contributed by atoms with E-state index in [2.05, 4.69) is 61.3 Å². The van der Waals surface area contributed by atoms with E-state index in [1.54, 1.807) is 0 Å². The number of hydrogen-bond donors (Lipinski definition) is 0. The average molecular weight is 300 g/mol. The van der Waals surface area contributed by atoms with Gasteiger partial charge in [0, 0.05) is 18.6 Å². The summed E-state index contributed by atoms with van der Waals surface area (Å²) in [5.41, 5.74) is 2.89. The Balaban J connectivity index is 1.65. The van der Waals surface area contributed by atoms with Crippen LogP contribution in [0.4, 0.5) is 0 Å². The van der Waals surface area contributed by atoms with Crippen molar-refractivity contribution in [2.75, 3.05) is 34.3 Å². The van der Waals surface area contributed by atoms with Gasteiger partial charge in [-0.15, -0.1) is 0 Å². The lowest BCUT2D eigenvalue weighted by Gasteiger charge is -2.42. The van der Waals surface area contributed by atoms with Crippen LogP contribution in [0.5, 0.6) is 5.75 Å². The lowest BCUT2D eigenvalue weighted by atomic mass is 9.83. The Morgan fingerprint density at radius 3 is 2.64 bits per heavy atom. The first-order valence-corrected chi connectivity index (χ1v) is 8.44. The minimum atomic E-state index is 0.638. The van der Waals surface area contributed by atoms with Crippen molar-refractivity contribution in [1.29, 1.82) is 0 Å². The van der Waals surface area contributed by atoms with E-state index in [0.717, 1.165) is 24.9 Å². The molecule has 1 fully saturated rings. The van der Waals surface area contributed by atoms with E-state index < -0.39 is 0 Å². The average Bonchev–Trinajstić information content (AvgIpc) is 2.47. The molecule has 0 N–H and O–H groups in total. The van der Waals surface area contributed by atoms with Crippen LogP contribution in [0.1, 0.15) is 31.2 Å². The lowest BCUT2D eigenvalue weighted by molar-refractivity contribution is 0.137. The maximum absolute atomic E-state index is 5.78. The number of rotatable bonds is 5. The van der Waals surface area contributed by atoms with Crippen molar-refractivity contribution in [2.45, 2.75) is 37.8 Å². The number of piperidine rings is 1. The summed E-state index contributed by atoms with van der Waals surface area (Å²) in [6.07, 6.45) is 7.70. The van der Waals surface area contributed by atoms with E-state index in [1.165, 1.54) is 36.8 Å². The zero-order valence-electron chi connectivity index (χ0n) is 14.1. The number of ether oxygens (including phenoxy) is 1. The molecule has 2 heterocycles. The number of hydrogen-bond acceptors (Lipinski definition) is 3. The molecule has 2 aliphatic rings. The molecule has 0 aromatic heterocycles. The van der Waals surface area contributed by atoms with Gasteiger partial charge in [0.25, 0.3) is 0 Å². The van der Waals surface area contributed by atoms with Crippen LogP contribution in [0.2, 0.25) is 0 Å². The van der Waals surface area contributed by atoms with Crippen LogP contribution >= 0.6 is 0 Å². The highest BCUT2D eigenvalue weighted by molar-refractivity contribution is 5.68. The molecule has 0 amide bonds. The van der Waals surface area contributed by atoms with Crippen LogP contribution < -0.4 is 4.74 Å². The molecular weight excluding hydrogens is 272 g/mol. The van der Waals surface area contributed by atoms with Crippen LogP contribution in [0, 0.1) is 0 Å². The van der Waals surface area contributed by atoms with Gasteiger partial charge in [0.15, 0.2) is 0 Å². The molecule has 0 aliphatic carbocycles. The predicted molar refractivity (Wildman–Crippen MR) is 92.3 cm³/mol. The summed E-state index contributed by atoms with van der Waals surface area (Å²) in [7, 11) is 6.41. The Morgan fingerprint density at radius 1 is 1.18 bits per heavy atom. The SMILES string of the molecule is CN(C)CCOc1ccc(C2=CC3CCCC(C2)N3C)cc1. The van der Waals surface area contributed by atoms with Crippen LogP contribution in [0.25, 0.3) is 5.57 Å². The molecule has 3 heteroatoms. The summed E-state index contributed by atoms with van der Waals surface area (Å²) in [5.74, 6) is 0.972. The van der Waals surface area contributed by atoms with Crippen LogP contribution in [-0.4, -0.2) is 56.2 Å². The number of benzene rings is 1. The molecule has 0 spiro atoms. The van der Waals surface area contributed by atoms with Crippen molar-refractivity contribution >= 4 is 5.57 Å². The number of nitrogens with zero attached hydrogens (tertiary/aromatic N) is 2. The first-order valence-electron chi connectivity index (χ1n) is 8.44. The Hall–Kier alpha value is -1.32. The first-order chi connectivity index (χ1) is 10.6. The molecule has 3 rings (SSSR count). The zero-order chi connectivity index (χ0) is 15.5. The van der Waals surface area contributed by atoms with Crippen LogP contribution in [0.3, 0.4) is 0 Å². The van der Waals surface area contributed by atoms with Gasteiger partial charge in [-0.25, -0.2) is 0 Å². The van der Waals surface area contributed by atoms with Gasteiger partial charge in [-0.3, -0.25) is 4.90 Å². The minimum absolute atomic E-state index is 0.638. The number of fused-ring (bicyclic) bond motifs is 2. The second-order valence-corrected chi connectivity index (χ2v) is 6.89. The third kappa shape index (κ3) is 3.53. The second kappa shape index (κ2) is 6.84. The molecule has 22 heavy (non-hydrogen) atoms. The highest BCUT2D eigenvalue weighted by Crippen LogP contribution is 2.36. The monoisotopic (exact) mass is 300 g/mol.